The van der Waals surface area contributed by atoms with E-state index in [0.717, 1.165) is 0 Å². The maximum absolute atomic E-state index is 11.3. The summed E-state index contributed by atoms with van der Waals surface area (Å²) in [5, 5.41) is 5.01. The number of carbonyl (C=O) groups excluding carboxylic acids is 2. The first-order valence-electron chi connectivity index (χ1n) is 4.77. The van der Waals surface area contributed by atoms with Crippen molar-refractivity contribution in [2.75, 3.05) is 7.11 Å². The van der Waals surface area contributed by atoms with Crippen LogP contribution in [-0.4, -0.2) is 19.0 Å². The van der Waals surface area contributed by atoms with Gasteiger partial charge in [-0.05, 0) is 24.3 Å². The van der Waals surface area contributed by atoms with Crippen LogP contribution < -0.4 is 15.4 Å². The van der Waals surface area contributed by atoms with Gasteiger partial charge in [0.2, 0.25) is 0 Å². The second kappa shape index (κ2) is 4.47. The van der Waals surface area contributed by atoms with E-state index in [1.54, 1.807) is 18.2 Å². The number of amides is 3. The fourth-order valence-corrected chi connectivity index (χ4v) is 1.64. The molecule has 0 aliphatic carbocycles. The molecule has 2 rings (SSSR count). The van der Waals surface area contributed by atoms with Gasteiger partial charge < -0.3 is 10.1 Å². The van der Waals surface area contributed by atoms with E-state index in [1.165, 1.54) is 13.2 Å². The molecule has 88 valence electrons. The van der Waals surface area contributed by atoms with Gasteiger partial charge in [0, 0.05) is 10.6 Å². The molecule has 1 heterocycles. The summed E-state index contributed by atoms with van der Waals surface area (Å²) in [6.07, 6.45) is 1.50. The summed E-state index contributed by atoms with van der Waals surface area (Å²) in [5.74, 6) is 0.0906. The average molecular weight is 253 g/mol. The number of imide groups is 1. The molecule has 6 heteroatoms. The molecular weight excluding hydrogens is 244 g/mol. The molecule has 1 aromatic carbocycles. The lowest BCUT2D eigenvalue weighted by Crippen LogP contribution is -2.22. The Morgan fingerprint density at radius 1 is 1.29 bits per heavy atom. The molecule has 1 aliphatic heterocycles. The van der Waals surface area contributed by atoms with Crippen LogP contribution in [0.15, 0.2) is 23.9 Å². The van der Waals surface area contributed by atoms with E-state index in [9.17, 15) is 9.59 Å². The first-order valence-corrected chi connectivity index (χ1v) is 5.15. The highest BCUT2D eigenvalue weighted by Gasteiger charge is 2.23. The Kier molecular flexibility index (Phi) is 3.01. The van der Waals surface area contributed by atoms with E-state index in [-0.39, 0.29) is 5.70 Å². The van der Waals surface area contributed by atoms with Crippen molar-refractivity contribution >= 4 is 29.6 Å². The predicted molar refractivity (Wildman–Crippen MR) is 62.7 cm³/mol. The lowest BCUT2D eigenvalue weighted by atomic mass is 10.1. The monoisotopic (exact) mass is 252 g/mol. The third-order valence-electron chi connectivity index (χ3n) is 2.21. The molecule has 0 radical (unpaired) electrons. The zero-order valence-corrected chi connectivity index (χ0v) is 9.67. The van der Waals surface area contributed by atoms with Gasteiger partial charge in [-0.3, -0.25) is 10.1 Å². The van der Waals surface area contributed by atoms with Gasteiger partial charge in [0.05, 0.1) is 7.11 Å². The highest BCUT2D eigenvalue weighted by molar-refractivity contribution is 6.30. The molecule has 0 saturated carbocycles. The molecule has 5 nitrogen and oxygen atoms in total. The fraction of sp³-hybridized carbons (Fsp3) is 0.0909. The largest absolute Gasteiger partial charge is 0.496 e. The molecule has 3 amide bonds. The summed E-state index contributed by atoms with van der Waals surface area (Å²) in [7, 11) is 1.51. The number of halogens is 1. The molecule has 1 aliphatic rings. The Balaban J connectivity index is 2.41. The van der Waals surface area contributed by atoms with Gasteiger partial charge in [0.15, 0.2) is 0 Å². The van der Waals surface area contributed by atoms with E-state index in [0.29, 0.717) is 16.3 Å². The Bertz CT molecular complexity index is 525. The molecule has 0 spiro atoms. The summed E-state index contributed by atoms with van der Waals surface area (Å²) in [4.78, 5) is 22.3. The first kappa shape index (κ1) is 11.5. The molecule has 1 aromatic rings. The number of carbonyl (C=O) groups is 2. The van der Waals surface area contributed by atoms with Crippen molar-refractivity contribution < 1.29 is 14.3 Å². The van der Waals surface area contributed by atoms with Gasteiger partial charge in [-0.2, -0.15) is 0 Å². The Hall–Kier alpha value is -2.01. The Morgan fingerprint density at radius 2 is 2.06 bits per heavy atom. The van der Waals surface area contributed by atoms with Crippen molar-refractivity contribution in [3.05, 3.63) is 34.5 Å². The Labute approximate surface area is 102 Å². The molecule has 0 atom stereocenters. The molecule has 2 N–H and O–H groups in total. The Morgan fingerprint density at radius 3 is 2.65 bits per heavy atom. The molecule has 1 fully saturated rings. The van der Waals surface area contributed by atoms with E-state index in [2.05, 4.69) is 10.6 Å². The number of nitrogens with one attached hydrogen (secondary N) is 2. The van der Waals surface area contributed by atoms with Crippen LogP contribution in [0.25, 0.3) is 6.08 Å². The van der Waals surface area contributed by atoms with Crippen molar-refractivity contribution in [3.8, 4) is 5.75 Å². The van der Waals surface area contributed by atoms with Crippen molar-refractivity contribution in [1.29, 1.82) is 0 Å². The standard InChI is InChI=1S/C11H9ClN2O3/c1-17-9-3-2-7(12)4-6(9)5-8-10(15)14-11(16)13-8/h2-5H,1H3,(H2,13,14,15,16)/b8-5+. The fourth-order valence-electron chi connectivity index (χ4n) is 1.46. The number of urea groups is 1. The summed E-state index contributed by atoms with van der Waals surface area (Å²) >= 11 is 5.85. The van der Waals surface area contributed by atoms with Gasteiger partial charge in [-0.1, -0.05) is 11.6 Å². The second-order valence-electron chi connectivity index (χ2n) is 3.35. The number of rotatable bonds is 2. The average Bonchev–Trinajstić information content (AvgIpc) is 2.58. The molecule has 0 bridgehead atoms. The van der Waals surface area contributed by atoms with Crippen LogP contribution in [0.3, 0.4) is 0 Å². The molecule has 0 unspecified atom stereocenters. The number of hydrogen-bond acceptors (Lipinski definition) is 3. The minimum atomic E-state index is -0.540. The van der Waals surface area contributed by atoms with E-state index >= 15 is 0 Å². The van der Waals surface area contributed by atoms with Crippen LogP contribution >= 0.6 is 11.6 Å². The lowest BCUT2D eigenvalue weighted by Gasteiger charge is -2.05. The normalized spacial score (nSPS) is 16.9. The molecule has 17 heavy (non-hydrogen) atoms. The zero-order chi connectivity index (χ0) is 12.4. The third-order valence-corrected chi connectivity index (χ3v) is 2.45. The van der Waals surface area contributed by atoms with Gasteiger partial charge in [0.1, 0.15) is 11.4 Å². The first-order chi connectivity index (χ1) is 8.10. The maximum atomic E-state index is 11.3. The number of benzene rings is 1. The third kappa shape index (κ3) is 2.39. The van der Waals surface area contributed by atoms with Crippen LogP contribution in [0.2, 0.25) is 5.02 Å². The van der Waals surface area contributed by atoms with Gasteiger partial charge >= 0.3 is 6.03 Å². The highest BCUT2D eigenvalue weighted by Crippen LogP contribution is 2.24. The quantitative estimate of drug-likeness (QED) is 0.620. The van der Waals surface area contributed by atoms with Crippen molar-refractivity contribution in [2.45, 2.75) is 0 Å². The predicted octanol–water partition coefficient (Wildman–Crippen LogP) is 1.53. The van der Waals surface area contributed by atoms with Crippen LogP contribution in [0, 0.1) is 0 Å². The summed E-state index contributed by atoms with van der Waals surface area (Å²) in [6, 6.07) is 4.46. The van der Waals surface area contributed by atoms with Gasteiger partial charge in [0.25, 0.3) is 5.91 Å². The topological polar surface area (TPSA) is 67.4 Å². The summed E-state index contributed by atoms with van der Waals surface area (Å²) < 4.78 is 5.13. The van der Waals surface area contributed by atoms with Gasteiger partial charge in [-0.25, -0.2) is 4.79 Å². The van der Waals surface area contributed by atoms with E-state index < -0.39 is 11.9 Å². The van der Waals surface area contributed by atoms with E-state index in [4.69, 9.17) is 16.3 Å². The summed E-state index contributed by atoms with van der Waals surface area (Å²) in [5.41, 5.74) is 0.780. The lowest BCUT2D eigenvalue weighted by molar-refractivity contribution is -0.115. The van der Waals surface area contributed by atoms with Gasteiger partial charge in [-0.15, -0.1) is 0 Å². The van der Waals surface area contributed by atoms with Crippen molar-refractivity contribution in [3.63, 3.8) is 0 Å². The second-order valence-corrected chi connectivity index (χ2v) is 3.79. The van der Waals surface area contributed by atoms with Crippen molar-refractivity contribution in [2.24, 2.45) is 0 Å². The van der Waals surface area contributed by atoms with Crippen LogP contribution in [-0.2, 0) is 4.79 Å². The number of hydrogen-bond donors (Lipinski definition) is 2. The van der Waals surface area contributed by atoms with Crippen LogP contribution in [0.1, 0.15) is 5.56 Å². The number of methoxy groups -OCH3 is 1. The molecular formula is C11H9ClN2O3. The molecule has 1 saturated heterocycles. The maximum Gasteiger partial charge on any atom is 0.326 e. The minimum Gasteiger partial charge on any atom is -0.496 e. The van der Waals surface area contributed by atoms with E-state index in [1.807, 2.05) is 0 Å². The smallest absolute Gasteiger partial charge is 0.326 e. The highest BCUT2D eigenvalue weighted by atomic mass is 35.5. The summed E-state index contributed by atoms with van der Waals surface area (Å²) in [6.45, 7) is 0. The minimum absolute atomic E-state index is 0.163. The number of ether oxygens (including phenoxy) is 1. The SMILES string of the molecule is COc1ccc(Cl)cc1/C=C1/NC(=O)NC1=O. The molecule has 0 aromatic heterocycles. The zero-order valence-electron chi connectivity index (χ0n) is 8.91. The van der Waals surface area contributed by atoms with Crippen LogP contribution in [0.5, 0.6) is 5.75 Å². The van der Waals surface area contributed by atoms with Crippen LogP contribution in [0.4, 0.5) is 4.79 Å². The van der Waals surface area contributed by atoms with Crippen molar-refractivity contribution in [1.82, 2.24) is 10.6 Å².